The van der Waals surface area contributed by atoms with Crippen LogP contribution in [0.15, 0.2) is 48.5 Å². The Morgan fingerprint density at radius 1 is 1.19 bits per heavy atom. The van der Waals surface area contributed by atoms with Gasteiger partial charge >= 0.3 is 0 Å². The summed E-state index contributed by atoms with van der Waals surface area (Å²) in [4.78, 5) is 14.1. The van der Waals surface area contributed by atoms with Gasteiger partial charge in [0.15, 0.2) is 0 Å². The van der Waals surface area contributed by atoms with Gasteiger partial charge in [0.1, 0.15) is 0 Å². The number of carbonyl (C=O) groups excluding carboxylic acids is 1. The molecule has 0 aromatic heterocycles. The molecule has 1 amide bonds. The van der Waals surface area contributed by atoms with Gasteiger partial charge in [-0.15, -0.1) is 0 Å². The van der Waals surface area contributed by atoms with Gasteiger partial charge in [0.25, 0.3) is 0 Å². The Morgan fingerprint density at radius 2 is 1.95 bits per heavy atom. The SMILES string of the molecule is N=Cc1cc(N2C(=O)CC[C@H]2c2ccccc2)ccc1N. The molecule has 0 radical (unpaired) electrons. The van der Waals surface area contributed by atoms with Crippen molar-refractivity contribution in [2.45, 2.75) is 18.9 Å². The molecule has 0 saturated carbocycles. The summed E-state index contributed by atoms with van der Waals surface area (Å²) in [6.45, 7) is 0. The fraction of sp³-hybridized carbons (Fsp3) is 0.176. The van der Waals surface area contributed by atoms with Crippen LogP contribution in [0.3, 0.4) is 0 Å². The van der Waals surface area contributed by atoms with E-state index >= 15 is 0 Å². The second kappa shape index (κ2) is 5.40. The molecule has 106 valence electrons. The predicted molar refractivity (Wildman–Crippen MR) is 84.6 cm³/mol. The lowest BCUT2D eigenvalue weighted by atomic mass is 10.0. The predicted octanol–water partition coefficient (Wildman–Crippen LogP) is 3.13. The van der Waals surface area contributed by atoms with Crippen LogP contribution >= 0.6 is 0 Å². The van der Waals surface area contributed by atoms with E-state index in [4.69, 9.17) is 11.1 Å². The van der Waals surface area contributed by atoms with Crippen molar-refractivity contribution in [3.8, 4) is 0 Å². The number of amides is 1. The van der Waals surface area contributed by atoms with Crippen molar-refractivity contribution < 1.29 is 4.79 Å². The molecule has 0 bridgehead atoms. The van der Waals surface area contributed by atoms with Gasteiger partial charge in [-0.1, -0.05) is 30.3 Å². The molecular weight excluding hydrogens is 262 g/mol. The fourth-order valence-electron chi connectivity index (χ4n) is 2.84. The van der Waals surface area contributed by atoms with Crippen LogP contribution in [-0.4, -0.2) is 12.1 Å². The van der Waals surface area contributed by atoms with Crippen LogP contribution in [-0.2, 0) is 4.79 Å². The van der Waals surface area contributed by atoms with E-state index < -0.39 is 0 Å². The van der Waals surface area contributed by atoms with Crippen LogP contribution in [0.1, 0.15) is 30.0 Å². The molecule has 21 heavy (non-hydrogen) atoms. The molecule has 4 nitrogen and oxygen atoms in total. The number of rotatable bonds is 3. The van der Waals surface area contributed by atoms with Gasteiger partial charge < -0.3 is 16.0 Å². The molecule has 2 aromatic rings. The minimum Gasteiger partial charge on any atom is -0.398 e. The Labute approximate surface area is 123 Å². The molecule has 4 heteroatoms. The standard InChI is InChI=1S/C17H17N3O/c18-11-13-10-14(6-7-15(13)19)20-16(8-9-17(20)21)12-4-2-1-3-5-12/h1-7,10-11,16,18H,8-9,19H2/t16-/m0/s1. The summed E-state index contributed by atoms with van der Waals surface area (Å²) in [5, 5.41) is 7.41. The highest BCUT2D eigenvalue weighted by atomic mass is 16.2. The number of nitrogens with two attached hydrogens (primary N) is 1. The number of nitrogens with one attached hydrogen (secondary N) is 1. The first-order valence-corrected chi connectivity index (χ1v) is 6.97. The quantitative estimate of drug-likeness (QED) is 0.669. The molecule has 1 fully saturated rings. The third-order valence-corrected chi connectivity index (χ3v) is 3.90. The third kappa shape index (κ3) is 2.40. The summed E-state index contributed by atoms with van der Waals surface area (Å²) < 4.78 is 0. The first-order chi connectivity index (χ1) is 10.2. The Kier molecular flexibility index (Phi) is 3.44. The Morgan fingerprint density at radius 3 is 2.67 bits per heavy atom. The van der Waals surface area contributed by atoms with Crippen molar-refractivity contribution in [2.75, 3.05) is 10.6 Å². The van der Waals surface area contributed by atoms with Crippen LogP contribution in [0.25, 0.3) is 0 Å². The summed E-state index contributed by atoms with van der Waals surface area (Å²) in [5.41, 5.74) is 8.96. The number of hydrogen-bond acceptors (Lipinski definition) is 3. The Hall–Kier alpha value is -2.62. The monoisotopic (exact) mass is 279 g/mol. The Balaban J connectivity index is 2.02. The molecule has 1 heterocycles. The average Bonchev–Trinajstić information content (AvgIpc) is 2.90. The fourth-order valence-corrected chi connectivity index (χ4v) is 2.84. The van der Waals surface area contributed by atoms with E-state index in [1.165, 1.54) is 6.21 Å². The second-order valence-corrected chi connectivity index (χ2v) is 5.19. The average molecular weight is 279 g/mol. The van der Waals surface area contributed by atoms with E-state index in [-0.39, 0.29) is 11.9 Å². The zero-order valence-corrected chi connectivity index (χ0v) is 11.6. The largest absolute Gasteiger partial charge is 0.398 e. The molecule has 1 saturated heterocycles. The normalized spacial score (nSPS) is 18.0. The summed E-state index contributed by atoms with van der Waals surface area (Å²) in [6, 6.07) is 15.5. The molecule has 2 aromatic carbocycles. The van der Waals surface area contributed by atoms with E-state index in [2.05, 4.69) is 0 Å². The summed E-state index contributed by atoms with van der Waals surface area (Å²) >= 11 is 0. The van der Waals surface area contributed by atoms with Gasteiger partial charge in [-0.25, -0.2) is 0 Å². The zero-order chi connectivity index (χ0) is 14.8. The molecule has 1 aliphatic rings. The number of nitrogens with zero attached hydrogens (tertiary/aromatic N) is 1. The van der Waals surface area contributed by atoms with E-state index in [0.717, 1.165) is 17.7 Å². The number of carbonyl (C=O) groups is 1. The van der Waals surface area contributed by atoms with Crippen molar-refractivity contribution in [1.29, 1.82) is 5.41 Å². The van der Waals surface area contributed by atoms with Crippen LogP contribution < -0.4 is 10.6 Å². The van der Waals surface area contributed by atoms with E-state index in [1.54, 1.807) is 6.07 Å². The topological polar surface area (TPSA) is 70.2 Å². The Bertz CT molecular complexity index is 682. The third-order valence-electron chi connectivity index (χ3n) is 3.90. The highest BCUT2D eigenvalue weighted by molar-refractivity contribution is 5.98. The van der Waals surface area contributed by atoms with E-state index in [9.17, 15) is 4.79 Å². The molecule has 1 aliphatic heterocycles. The number of benzene rings is 2. The van der Waals surface area contributed by atoms with Crippen LogP contribution in [0.2, 0.25) is 0 Å². The number of anilines is 2. The van der Waals surface area contributed by atoms with E-state index in [0.29, 0.717) is 17.7 Å². The second-order valence-electron chi connectivity index (χ2n) is 5.19. The highest BCUT2D eigenvalue weighted by Gasteiger charge is 2.33. The first-order valence-electron chi connectivity index (χ1n) is 6.97. The molecule has 0 unspecified atom stereocenters. The maximum Gasteiger partial charge on any atom is 0.227 e. The van der Waals surface area contributed by atoms with Crippen LogP contribution in [0.4, 0.5) is 11.4 Å². The number of nitrogen functional groups attached to an aromatic ring is 1. The van der Waals surface area contributed by atoms with Crippen molar-refractivity contribution in [3.05, 3.63) is 59.7 Å². The van der Waals surface area contributed by atoms with Gasteiger partial charge in [-0.2, -0.15) is 0 Å². The van der Waals surface area contributed by atoms with Gasteiger partial charge in [0.2, 0.25) is 5.91 Å². The lowest BCUT2D eigenvalue weighted by molar-refractivity contribution is -0.117. The van der Waals surface area contributed by atoms with Crippen molar-refractivity contribution in [2.24, 2.45) is 0 Å². The number of hydrogen-bond donors (Lipinski definition) is 2. The summed E-state index contributed by atoms with van der Waals surface area (Å²) in [5.74, 6) is 0.115. The van der Waals surface area contributed by atoms with Crippen LogP contribution in [0, 0.1) is 5.41 Å². The van der Waals surface area contributed by atoms with Crippen molar-refractivity contribution in [1.82, 2.24) is 0 Å². The zero-order valence-electron chi connectivity index (χ0n) is 11.6. The summed E-state index contributed by atoms with van der Waals surface area (Å²) in [7, 11) is 0. The summed E-state index contributed by atoms with van der Waals surface area (Å²) in [6.07, 6.45) is 2.58. The maximum atomic E-state index is 12.3. The molecule has 1 atom stereocenters. The van der Waals surface area contributed by atoms with E-state index in [1.807, 2.05) is 47.4 Å². The molecule has 3 rings (SSSR count). The lowest BCUT2D eigenvalue weighted by Crippen LogP contribution is -2.27. The first kappa shape index (κ1) is 13.4. The van der Waals surface area contributed by atoms with Gasteiger partial charge in [0, 0.05) is 29.6 Å². The van der Waals surface area contributed by atoms with Gasteiger partial charge in [0.05, 0.1) is 6.04 Å². The highest BCUT2D eigenvalue weighted by Crippen LogP contribution is 2.37. The minimum atomic E-state index is 0.0564. The van der Waals surface area contributed by atoms with Crippen molar-refractivity contribution >= 4 is 23.5 Å². The van der Waals surface area contributed by atoms with Crippen LogP contribution in [0.5, 0.6) is 0 Å². The van der Waals surface area contributed by atoms with Gasteiger partial charge in [-0.3, -0.25) is 4.79 Å². The molecule has 0 aliphatic carbocycles. The molecule has 3 N–H and O–H groups in total. The molecule has 0 spiro atoms. The lowest BCUT2D eigenvalue weighted by Gasteiger charge is -2.26. The maximum absolute atomic E-state index is 12.3. The molecular formula is C17H17N3O. The smallest absolute Gasteiger partial charge is 0.227 e. The van der Waals surface area contributed by atoms with Crippen molar-refractivity contribution in [3.63, 3.8) is 0 Å². The minimum absolute atomic E-state index is 0.0564. The van der Waals surface area contributed by atoms with Gasteiger partial charge in [-0.05, 0) is 30.2 Å².